The van der Waals surface area contributed by atoms with Gasteiger partial charge in [-0.15, -0.1) is 0 Å². The number of nitrogens with one attached hydrogen (secondary N) is 1. The average Bonchev–Trinajstić information content (AvgIpc) is 2.35. The Bertz CT molecular complexity index is 587. The van der Waals surface area contributed by atoms with Gasteiger partial charge < -0.3 is 10.5 Å². The summed E-state index contributed by atoms with van der Waals surface area (Å²) in [6.07, 6.45) is 2.10. The van der Waals surface area contributed by atoms with E-state index in [0.29, 0.717) is 17.9 Å². The number of nitrogens with two attached hydrogens (primary N) is 1. The number of benzene rings is 1. The van der Waals surface area contributed by atoms with Crippen molar-refractivity contribution in [3.63, 3.8) is 0 Å². The molecule has 2 unspecified atom stereocenters. The Kier molecular flexibility index (Phi) is 5.97. The molecule has 3 N–H and O–H groups in total. The molecule has 0 spiro atoms. The van der Waals surface area contributed by atoms with Gasteiger partial charge >= 0.3 is 0 Å². The third kappa shape index (κ3) is 4.77. The molecule has 1 aromatic carbocycles. The first-order valence-corrected chi connectivity index (χ1v) is 9.23. The highest BCUT2D eigenvalue weighted by Gasteiger charge is 2.18. The monoisotopic (exact) mass is 320 g/mol. The van der Waals surface area contributed by atoms with E-state index in [0.717, 1.165) is 0 Å². The topological polar surface area (TPSA) is 98.5 Å². The summed E-state index contributed by atoms with van der Waals surface area (Å²) in [5, 5.41) is 0. The van der Waals surface area contributed by atoms with Gasteiger partial charge in [0.2, 0.25) is 10.0 Å². The molecule has 0 aliphatic rings. The number of methoxy groups -OCH3 is 1. The molecule has 0 fully saturated rings. The van der Waals surface area contributed by atoms with Crippen LogP contribution >= 0.6 is 0 Å². The minimum atomic E-state index is -3.64. The summed E-state index contributed by atoms with van der Waals surface area (Å²) in [5.74, 6) is 0.882. The molecule has 0 radical (unpaired) electrons. The lowest BCUT2D eigenvalue weighted by Crippen LogP contribution is -2.33. The molecule has 20 heavy (non-hydrogen) atoms. The van der Waals surface area contributed by atoms with Gasteiger partial charge in [-0.05, 0) is 31.5 Å². The van der Waals surface area contributed by atoms with Crippen molar-refractivity contribution in [1.82, 2.24) is 4.72 Å². The molecule has 0 bridgehead atoms. The third-order valence-corrected chi connectivity index (χ3v) is 5.10. The minimum Gasteiger partial charge on any atom is -0.495 e. The van der Waals surface area contributed by atoms with E-state index in [2.05, 4.69) is 4.72 Å². The zero-order chi connectivity index (χ0) is 15.3. The summed E-state index contributed by atoms with van der Waals surface area (Å²) in [6, 6.07) is 4.00. The maximum absolute atomic E-state index is 12.2. The van der Waals surface area contributed by atoms with Gasteiger partial charge in [-0.1, -0.05) is 0 Å². The quantitative estimate of drug-likeness (QED) is 0.721. The molecule has 8 heteroatoms. The summed E-state index contributed by atoms with van der Waals surface area (Å²) in [6.45, 7) is 1.73. The van der Waals surface area contributed by atoms with Crippen molar-refractivity contribution >= 4 is 26.5 Å². The predicted molar refractivity (Wildman–Crippen MR) is 80.7 cm³/mol. The van der Waals surface area contributed by atoms with Crippen molar-refractivity contribution in [3.05, 3.63) is 18.2 Å². The zero-order valence-electron chi connectivity index (χ0n) is 11.8. The largest absolute Gasteiger partial charge is 0.495 e. The molecule has 0 amide bonds. The van der Waals surface area contributed by atoms with Crippen LogP contribution in [0.1, 0.15) is 13.3 Å². The summed E-state index contributed by atoms with van der Waals surface area (Å²) < 4.78 is 42.8. The van der Waals surface area contributed by atoms with E-state index in [-0.39, 0.29) is 16.6 Å². The van der Waals surface area contributed by atoms with Crippen molar-refractivity contribution in [2.75, 3.05) is 24.9 Å². The maximum atomic E-state index is 12.2. The van der Waals surface area contributed by atoms with Crippen LogP contribution in [-0.4, -0.2) is 37.8 Å². The van der Waals surface area contributed by atoms with Crippen molar-refractivity contribution < 1.29 is 17.4 Å². The van der Waals surface area contributed by atoms with Gasteiger partial charge in [0.1, 0.15) is 5.75 Å². The van der Waals surface area contributed by atoms with Crippen LogP contribution < -0.4 is 15.2 Å². The zero-order valence-corrected chi connectivity index (χ0v) is 13.4. The Hall–Kier alpha value is -1.12. The molecule has 1 aromatic rings. The second kappa shape index (κ2) is 7.05. The van der Waals surface area contributed by atoms with Crippen molar-refractivity contribution in [2.45, 2.75) is 24.3 Å². The Balaban J connectivity index is 2.83. The fourth-order valence-electron chi connectivity index (χ4n) is 1.61. The van der Waals surface area contributed by atoms with E-state index in [1.165, 1.54) is 25.3 Å². The Morgan fingerprint density at radius 1 is 1.45 bits per heavy atom. The summed E-state index contributed by atoms with van der Waals surface area (Å²) in [7, 11) is -3.11. The Morgan fingerprint density at radius 2 is 2.10 bits per heavy atom. The fourth-order valence-corrected chi connectivity index (χ4v) is 3.61. The molecule has 2 atom stereocenters. The van der Waals surface area contributed by atoms with Crippen LogP contribution in [0.2, 0.25) is 0 Å². The molecular weight excluding hydrogens is 300 g/mol. The molecule has 114 valence electrons. The average molecular weight is 320 g/mol. The number of anilines is 1. The number of nitrogen functional groups attached to an aromatic ring is 1. The standard InChI is InChI=1S/C12H20N2O4S2/c1-9(6-7-19(3)15)14-20(16,17)10-4-5-12(18-2)11(13)8-10/h4-5,8-9,14H,6-7,13H2,1-3H3. The number of ether oxygens (including phenoxy) is 1. The van der Waals surface area contributed by atoms with Crippen molar-refractivity contribution in [3.8, 4) is 5.75 Å². The van der Waals surface area contributed by atoms with Crippen molar-refractivity contribution in [1.29, 1.82) is 0 Å². The van der Waals surface area contributed by atoms with Crippen LogP contribution in [0.3, 0.4) is 0 Å². The second-order valence-corrected chi connectivity index (χ2v) is 7.76. The molecule has 0 aromatic heterocycles. The van der Waals surface area contributed by atoms with Gasteiger partial charge in [0.15, 0.2) is 0 Å². The predicted octanol–water partition coefficient (Wildman–Crippen LogP) is 0.713. The Morgan fingerprint density at radius 3 is 2.60 bits per heavy atom. The highest BCUT2D eigenvalue weighted by Crippen LogP contribution is 2.24. The number of sulfonamides is 1. The molecule has 0 heterocycles. The smallest absolute Gasteiger partial charge is 0.240 e. The van der Waals surface area contributed by atoms with Gasteiger partial charge in [0, 0.05) is 28.9 Å². The van der Waals surface area contributed by atoms with Crippen LogP contribution in [-0.2, 0) is 20.8 Å². The molecule has 1 rings (SSSR count). The third-order valence-electron chi connectivity index (χ3n) is 2.71. The lowest BCUT2D eigenvalue weighted by molar-refractivity contribution is 0.416. The van der Waals surface area contributed by atoms with Gasteiger partial charge in [-0.25, -0.2) is 13.1 Å². The normalized spacial score (nSPS) is 14.8. The molecule has 0 saturated carbocycles. The van der Waals surface area contributed by atoms with Crippen molar-refractivity contribution in [2.24, 2.45) is 0 Å². The van der Waals surface area contributed by atoms with E-state index >= 15 is 0 Å². The first-order chi connectivity index (χ1) is 9.26. The first-order valence-electron chi connectivity index (χ1n) is 6.02. The van der Waals surface area contributed by atoms with Crippen LogP contribution in [0.25, 0.3) is 0 Å². The lowest BCUT2D eigenvalue weighted by Gasteiger charge is -2.14. The van der Waals surface area contributed by atoms with E-state index in [1.807, 2.05) is 0 Å². The highest BCUT2D eigenvalue weighted by molar-refractivity contribution is 7.89. The first kappa shape index (κ1) is 16.9. The SMILES string of the molecule is COc1ccc(S(=O)(=O)NC(C)CCS(C)=O)cc1N. The van der Waals surface area contributed by atoms with Crippen LogP contribution in [0, 0.1) is 0 Å². The number of hydrogen-bond acceptors (Lipinski definition) is 5. The molecule has 0 aliphatic heterocycles. The van der Waals surface area contributed by atoms with E-state index in [4.69, 9.17) is 10.5 Å². The number of rotatable bonds is 7. The maximum Gasteiger partial charge on any atom is 0.240 e. The van der Waals surface area contributed by atoms with Gasteiger partial charge in [-0.3, -0.25) is 4.21 Å². The molecule has 6 nitrogen and oxygen atoms in total. The number of hydrogen-bond donors (Lipinski definition) is 2. The van der Waals surface area contributed by atoms with E-state index in [9.17, 15) is 12.6 Å². The molecule has 0 aliphatic carbocycles. The van der Waals surface area contributed by atoms with Crippen LogP contribution in [0.5, 0.6) is 5.75 Å². The minimum absolute atomic E-state index is 0.0836. The summed E-state index contributed by atoms with van der Waals surface area (Å²) >= 11 is 0. The van der Waals surface area contributed by atoms with E-state index < -0.39 is 20.8 Å². The second-order valence-electron chi connectivity index (χ2n) is 4.49. The molecular formula is C12H20N2O4S2. The molecule has 0 saturated heterocycles. The van der Waals surface area contributed by atoms with Gasteiger partial charge in [0.05, 0.1) is 17.7 Å². The summed E-state index contributed by atoms with van der Waals surface area (Å²) in [5.41, 5.74) is 5.96. The Labute approximate surface area is 122 Å². The lowest BCUT2D eigenvalue weighted by atomic mass is 10.3. The van der Waals surface area contributed by atoms with E-state index in [1.54, 1.807) is 13.2 Å². The fraction of sp³-hybridized carbons (Fsp3) is 0.500. The summed E-state index contributed by atoms with van der Waals surface area (Å²) in [4.78, 5) is 0.0836. The van der Waals surface area contributed by atoms with Gasteiger partial charge in [-0.2, -0.15) is 0 Å². The van der Waals surface area contributed by atoms with Crippen LogP contribution in [0.15, 0.2) is 23.1 Å². The highest BCUT2D eigenvalue weighted by atomic mass is 32.2. The van der Waals surface area contributed by atoms with Gasteiger partial charge in [0.25, 0.3) is 0 Å². The van der Waals surface area contributed by atoms with Crippen LogP contribution in [0.4, 0.5) is 5.69 Å².